The van der Waals surface area contributed by atoms with Gasteiger partial charge in [-0.15, -0.1) is 0 Å². The predicted molar refractivity (Wildman–Crippen MR) is 84.8 cm³/mol. The summed E-state index contributed by atoms with van der Waals surface area (Å²) in [5, 5.41) is 0. The molecule has 2 rings (SSSR count). The van der Waals surface area contributed by atoms with Crippen LogP contribution in [-0.2, 0) is 9.53 Å². The Bertz CT molecular complexity index is 626. The van der Waals surface area contributed by atoms with Crippen LogP contribution in [0, 0.1) is 18.7 Å². The second kappa shape index (κ2) is 7.13. The van der Waals surface area contributed by atoms with E-state index >= 15 is 0 Å². The first-order valence-corrected chi connectivity index (χ1v) is 7.93. The minimum atomic E-state index is -1.20. The molecule has 1 aliphatic rings. The van der Waals surface area contributed by atoms with Crippen LogP contribution in [0.1, 0.15) is 35.7 Å². The van der Waals surface area contributed by atoms with Crippen LogP contribution in [-0.4, -0.2) is 30.6 Å². The third-order valence-electron chi connectivity index (χ3n) is 3.40. The van der Waals surface area contributed by atoms with E-state index < -0.39 is 23.5 Å². The summed E-state index contributed by atoms with van der Waals surface area (Å²) in [6.07, 6.45) is 3.20. The summed E-state index contributed by atoms with van der Waals surface area (Å²) >= 11 is 3.21. The Morgan fingerprint density at radius 1 is 1.50 bits per heavy atom. The zero-order chi connectivity index (χ0) is 16.3. The number of aliphatic imine (C=N–C) groups is 1. The number of ether oxygens (including phenoxy) is 1. The summed E-state index contributed by atoms with van der Waals surface area (Å²) in [5.41, 5.74) is 0.202. The molecule has 0 heterocycles. The predicted octanol–water partition coefficient (Wildman–Crippen LogP) is 3.49. The van der Waals surface area contributed by atoms with Gasteiger partial charge in [-0.2, -0.15) is 0 Å². The quantitative estimate of drug-likeness (QED) is 0.333. The van der Waals surface area contributed by atoms with Crippen molar-refractivity contribution in [3.05, 3.63) is 33.5 Å². The zero-order valence-electron chi connectivity index (χ0n) is 12.4. The molecule has 1 saturated carbocycles. The SMILES string of the molecule is CCOC(=O)C(C=NC1CC1)C(=O)c1ccc(Br)c(C)c1F. The summed E-state index contributed by atoms with van der Waals surface area (Å²) in [6.45, 7) is 3.37. The lowest BCUT2D eigenvalue weighted by molar-refractivity contribution is -0.143. The van der Waals surface area contributed by atoms with Crippen molar-refractivity contribution in [2.45, 2.75) is 32.7 Å². The maximum absolute atomic E-state index is 14.3. The minimum Gasteiger partial charge on any atom is -0.465 e. The van der Waals surface area contributed by atoms with E-state index in [1.54, 1.807) is 19.9 Å². The number of nitrogens with zero attached hydrogens (tertiary/aromatic N) is 1. The highest BCUT2D eigenvalue weighted by atomic mass is 79.9. The lowest BCUT2D eigenvalue weighted by Gasteiger charge is -2.12. The van der Waals surface area contributed by atoms with Gasteiger partial charge >= 0.3 is 5.97 Å². The Morgan fingerprint density at radius 2 is 2.18 bits per heavy atom. The lowest BCUT2D eigenvalue weighted by Crippen LogP contribution is -2.28. The molecule has 22 heavy (non-hydrogen) atoms. The number of carbonyl (C=O) groups is 2. The van der Waals surface area contributed by atoms with E-state index in [0.29, 0.717) is 10.0 Å². The van der Waals surface area contributed by atoms with Crippen LogP contribution in [0.25, 0.3) is 0 Å². The van der Waals surface area contributed by atoms with Crippen LogP contribution in [0.15, 0.2) is 21.6 Å². The van der Waals surface area contributed by atoms with Crippen LogP contribution in [0.3, 0.4) is 0 Å². The molecular formula is C16H17BrFNO3. The van der Waals surface area contributed by atoms with E-state index in [1.165, 1.54) is 12.3 Å². The molecule has 0 saturated heterocycles. The summed E-state index contributed by atoms with van der Waals surface area (Å²) in [6, 6.07) is 3.12. The molecule has 0 aliphatic heterocycles. The van der Waals surface area contributed by atoms with Gasteiger partial charge in [-0.3, -0.25) is 14.6 Å². The van der Waals surface area contributed by atoms with Crippen LogP contribution in [0.2, 0.25) is 0 Å². The topological polar surface area (TPSA) is 55.7 Å². The van der Waals surface area contributed by atoms with Gasteiger partial charge in [0, 0.05) is 16.7 Å². The maximum atomic E-state index is 14.3. The maximum Gasteiger partial charge on any atom is 0.322 e. The Morgan fingerprint density at radius 3 is 2.77 bits per heavy atom. The molecule has 1 unspecified atom stereocenters. The van der Waals surface area contributed by atoms with E-state index in [9.17, 15) is 14.0 Å². The van der Waals surface area contributed by atoms with Gasteiger partial charge in [0.15, 0.2) is 11.7 Å². The van der Waals surface area contributed by atoms with Crippen LogP contribution >= 0.6 is 15.9 Å². The van der Waals surface area contributed by atoms with Gasteiger partial charge in [0.05, 0.1) is 12.2 Å². The van der Waals surface area contributed by atoms with Crippen molar-refractivity contribution in [1.82, 2.24) is 0 Å². The highest BCUT2D eigenvalue weighted by Crippen LogP contribution is 2.25. The van der Waals surface area contributed by atoms with E-state index in [0.717, 1.165) is 12.8 Å². The number of hydrogen-bond acceptors (Lipinski definition) is 4. The zero-order valence-corrected chi connectivity index (χ0v) is 14.0. The molecule has 0 aromatic heterocycles. The molecule has 0 spiro atoms. The molecule has 0 amide bonds. The van der Waals surface area contributed by atoms with Crippen molar-refractivity contribution in [1.29, 1.82) is 0 Å². The highest BCUT2D eigenvalue weighted by molar-refractivity contribution is 9.10. The highest BCUT2D eigenvalue weighted by Gasteiger charge is 2.31. The van der Waals surface area contributed by atoms with Crippen molar-refractivity contribution in [2.75, 3.05) is 6.61 Å². The molecule has 1 aromatic carbocycles. The van der Waals surface area contributed by atoms with Crippen LogP contribution in [0.5, 0.6) is 0 Å². The fourth-order valence-electron chi connectivity index (χ4n) is 1.92. The second-order valence-electron chi connectivity index (χ2n) is 5.16. The van der Waals surface area contributed by atoms with Crippen LogP contribution in [0.4, 0.5) is 4.39 Å². The second-order valence-corrected chi connectivity index (χ2v) is 6.01. The number of ketones is 1. The fourth-order valence-corrected chi connectivity index (χ4v) is 2.22. The molecule has 0 bridgehead atoms. The Hall–Kier alpha value is -1.56. The number of rotatable bonds is 6. The van der Waals surface area contributed by atoms with Gasteiger partial charge in [0.1, 0.15) is 5.82 Å². The van der Waals surface area contributed by atoms with E-state index in [1.807, 2.05) is 0 Å². The van der Waals surface area contributed by atoms with E-state index in [2.05, 4.69) is 20.9 Å². The van der Waals surface area contributed by atoms with Crippen molar-refractivity contribution >= 4 is 33.9 Å². The Kier molecular flexibility index (Phi) is 5.45. The first kappa shape index (κ1) is 16.8. The summed E-state index contributed by atoms with van der Waals surface area (Å²) in [5.74, 6) is -3.16. The summed E-state index contributed by atoms with van der Waals surface area (Å²) in [7, 11) is 0. The molecule has 0 N–H and O–H groups in total. The van der Waals surface area contributed by atoms with Gasteiger partial charge < -0.3 is 4.74 Å². The van der Waals surface area contributed by atoms with Gasteiger partial charge in [-0.05, 0) is 44.4 Å². The molecule has 6 heteroatoms. The fraction of sp³-hybridized carbons (Fsp3) is 0.438. The minimum absolute atomic E-state index is 0.124. The number of halogens is 2. The first-order chi connectivity index (χ1) is 10.5. The summed E-state index contributed by atoms with van der Waals surface area (Å²) in [4.78, 5) is 28.7. The largest absolute Gasteiger partial charge is 0.465 e. The van der Waals surface area contributed by atoms with E-state index in [4.69, 9.17) is 4.74 Å². The molecule has 1 aromatic rings. The third-order valence-corrected chi connectivity index (χ3v) is 4.26. The molecule has 118 valence electrons. The Labute approximate surface area is 136 Å². The Balaban J connectivity index is 2.31. The number of benzene rings is 1. The van der Waals surface area contributed by atoms with Gasteiger partial charge in [0.25, 0.3) is 0 Å². The van der Waals surface area contributed by atoms with Crippen LogP contribution < -0.4 is 0 Å². The molecular weight excluding hydrogens is 353 g/mol. The lowest BCUT2D eigenvalue weighted by atomic mass is 9.96. The van der Waals surface area contributed by atoms with Crippen molar-refractivity contribution in [3.63, 3.8) is 0 Å². The number of Topliss-reactive ketones (excluding diaryl/α,β-unsaturated/α-hetero) is 1. The van der Waals surface area contributed by atoms with Crippen molar-refractivity contribution in [2.24, 2.45) is 10.9 Å². The number of carbonyl (C=O) groups excluding carboxylic acids is 2. The molecule has 1 aliphatic carbocycles. The normalized spacial score (nSPS) is 15.8. The smallest absolute Gasteiger partial charge is 0.322 e. The molecule has 1 fully saturated rings. The standard InChI is InChI=1S/C16H17BrFNO3/c1-3-22-16(21)12(8-19-10-4-5-10)15(20)11-6-7-13(17)9(2)14(11)18/h6-8,10,12H,3-5H2,1-2H3. The van der Waals surface area contributed by atoms with Gasteiger partial charge in [-0.25, -0.2) is 4.39 Å². The monoisotopic (exact) mass is 369 g/mol. The van der Waals surface area contributed by atoms with E-state index in [-0.39, 0.29) is 18.2 Å². The average Bonchev–Trinajstić information content (AvgIpc) is 3.29. The third kappa shape index (κ3) is 3.80. The van der Waals surface area contributed by atoms with Gasteiger partial charge in [-0.1, -0.05) is 15.9 Å². The molecule has 4 nitrogen and oxygen atoms in total. The first-order valence-electron chi connectivity index (χ1n) is 7.14. The number of esters is 1. The van der Waals surface area contributed by atoms with Gasteiger partial charge in [0.2, 0.25) is 0 Å². The molecule has 1 atom stereocenters. The summed E-state index contributed by atoms with van der Waals surface area (Å²) < 4.78 is 19.8. The van der Waals surface area contributed by atoms with Crippen molar-refractivity contribution in [3.8, 4) is 0 Å². The van der Waals surface area contributed by atoms with Crippen molar-refractivity contribution < 1.29 is 18.7 Å². The molecule has 0 radical (unpaired) electrons. The average molecular weight is 370 g/mol. The number of hydrogen-bond donors (Lipinski definition) is 0.